The molecule has 1 amide bonds. The van der Waals surface area contributed by atoms with Gasteiger partial charge in [-0.25, -0.2) is 4.79 Å². The Morgan fingerprint density at radius 3 is 2.40 bits per heavy atom. The van der Waals surface area contributed by atoms with Gasteiger partial charge in [-0.05, 0) is 36.2 Å². The van der Waals surface area contributed by atoms with Gasteiger partial charge in [-0.1, -0.05) is 71.9 Å². The molecule has 1 atom stereocenters. The number of carbonyl (C=O) groups is 2. The lowest BCUT2D eigenvalue weighted by molar-refractivity contribution is -0.384. The first-order valence-corrected chi connectivity index (χ1v) is 13.5. The Hall–Kier alpha value is -4.59. The number of hydrogen-bond acceptors (Lipinski definition) is 8. The smallest absolute Gasteiger partial charge is 0.337 e. The van der Waals surface area contributed by atoms with E-state index in [-0.39, 0.29) is 35.1 Å². The number of hydrogen-bond donors (Lipinski definition) is 2. The molecular formula is C29H23ClN4O5S. The summed E-state index contributed by atoms with van der Waals surface area (Å²) in [5.41, 5.74) is 2.43. The number of thioether (sulfide) groups is 1. The summed E-state index contributed by atoms with van der Waals surface area (Å²) < 4.78 is 5.42. The molecule has 0 aliphatic carbocycles. The highest BCUT2D eigenvalue weighted by atomic mass is 35.5. The molecule has 0 bridgehead atoms. The maximum Gasteiger partial charge on any atom is 0.337 e. The standard InChI is InChI=1S/C29H23ClN4O5S/c1-2-39-29(36)26-25(21-10-6-7-11-23(21)30)22(16-31)28(33-27(26)18-8-4-3-5-9-18)40-17-24(35)32-19-12-14-20(15-13-19)34(37)38/h3-15,25,33H,2,17H2,1H3,(H,32,35)/t25-/m1/s1. The van der Waals surface area contributed by atoms with Crippen LogP contribution in [0.15, 0.2) is 95.0 Å². The Morgan fingerprint density at radius 1 is 1.10 bits per heavy atom. The van der Waals surface area contributed by atoms with Gasteiger partial charge in [0.05, 0.1) is 51.1 Å². The van der Waals surface area contributed by atoms with Crippen molar-refractivity contribution in [2.24, 2.45) is 0 Å². The van der Waals surface area contributed by atoms with Crippen molar-refractivity contribution in [2.45, 2.75) is 12.8 Å². The predicted octanol–water partition coefficient (Wildman–Crippen LogP) is 6.02. The maximum absolute atomic E-state index is 13.4. The van der Waals surface area contributed by atoms with Crippen molar-refractivity contribution in [2.75, 3.05) is 17.7 Å². The SMILES string of the molecule is CCOC(=O)C1=C(c2ccccc2)NC(SCC(=O)Nc2ccc([N+](=O)[O-])cc2)=C(C#N)[C@H]1c1ccccc1Cl. The van der Waals surface area contributed by atoms with Crippen LogP contribution < -0.4 is 10.6 Å². The zero-order chi connectivity index (χ0) is 28.6. The van der Waals surface area contributed by atoms with Crippen LogP contribution in [0, 0.1) is 21.4 Å². The van der Waals surface area contributed by atoms with Gasteiger partial charge in [-0.15, -0.1) is 0 Å². The molecule has 1 heterocycles. The normalized spacial score (nSPS) is 14.7. The van der Waals surface area contributed by atoms with Crippen LogP contribution >= 0.6 is 23.4 Å². The average Bonchev–Trinajstić information content (AvgIpc) is 2.96. The van der Waals surface area contributed by atoms with Crippen molar-refractivity contribution in [1.29, 1.82) is 5.26 Å². The number of non-ortho nitro benzene ring substituents is 1. The third kappa shape index (κ3) is 6.34. The third-order valence-corrected chi connectivity index (χ3v) is 7.30. The van der Waals surface area contributed by atoms with Crippen molar-refractivity contribution >= 4 is 52.3 Å². The predicted molar refractivity (Wildman–Crippen MR) is 154 cm³/mol. The van der Waals surface area contributed by atoms with Gasteiger partial charge < -0.3 is 15.4 Å². The molecule has 0 spiro atoms. The molecule has 0 saturated heterocycles. The summed E-state index contributed by atoms with van der Waals surface area (Å²) in [6.45, 7) is 1.84. The van der Waals surface area contributed by atoms with E-state index in [0.29, 0.717) is 32.6 Å². The number of halogens is 1. The molecule has 0 aromatic heterocycles. The highest BCUT2D eigenvalue weighted by Gasteiger charge is 2.38. The summed E-state index contributed by atoms with van der Waals surface area (Å²) in [7, 11) is 0. The number of esters is 1. The zero-order valence-electron chi connectivity index (χ0n) is 21.2. The van der Waals surface area contributed by atoms with Crippen LogP contribution in [0.1, 0.15) is 24.0 Å². The van der Waals surface area contributed by atoms with Gasteiger partial charge in [-0.3, -0.25) is 14.9 Å². The summed E-state index contributed by atoms with van der Waals surface area (Å²) in [6.07, 6.45) is 0. The van der Waals surface area contributed by atoms with E-state index in [2.05, 4.69) is 16.7 Å². The van der Waals surface area contributed by atoms with E-state index >= 15 is 0 Å². The molecule has 1 aliphatic rings. The molecule has 0 radical (unpaired) electrons. The molecule has 0 fully saturated rings. The van der Waals surface area contributed by atoms with E-state index < -0.39 is 16.8 Å². The monoisotopic (exact) mass is 574 g/mol. The maximum atomic E-state index is 13.4. The van der Waals surface area contributed by atoms with Crippen LogP contribution in [0.2, 0.25) is 5.02 Å². The quantitative estimate of drug-likeness (QED) is 0.180. The molecule has 0 unspecified atom stereocenters. The van der Waals surface area contributed by atoms with Gasteiger partial charge in [0.2, 0.25) is 5.91 Å². The number of nitriles is 1. The van der Waals surface area contributed by atoms with Crippen LogP contribution in [0.3, 0.4) is 0 Å². The molecule has 40 heavy (non-hydrogen) atoms. The highest BCUT2D eigenvalue weighted by Crippen LogP contribution is 2.45. The first-order chi connectivity index (χ1) is 19.3. The largest absolute Gasteiger partial charge is 0.463 e. The first-order valence-electron chi connectivity index (χ1n) is 12.1. The minimum atomic E-state index is -0.852. The summed E-state index contributed by atoms with van der Waals surface area (Å²) >= 11 is 7.67. The summed E-state index contributed by atoms with van der Waals surface area (Å²) in [5, 5.41) is 27.9. The van der Waals surface area contributed by atoms with E-state index in [4.69, 9.17) is 16.3 Å². The third-order valence-electron chi connectivity index (χ3n) is 5.93. The van der Waals surface area contributed by atoms with Crippen LogP contribution in [0.4, 0.5) is 11.4 Å². The molecule has 202 valence electrons. The van der Waals surface area contributed by atoms with Crippen molar-refractivity contribution in [3.8, 4) is 6.07 Å². The molecule has 3 aromatic carbocycles. The minimum Gasteiger partial charge on any atom is -0.463 e. The lowest BCUT2D eigenvalue weighted by atomic mass is 9.81. The molecule has 11 heteroatoms. The zero-order valence-corrected chi connectivity index (χ0v) is 22.8. The molecule has 0 saturated carbocycles. The number of dihydropyridines is 1. The Labute approximate surface area is 239 Å². The van der Waals surface area contributed by atoms with Crippen molar-refractivity contribution in [1.82, 2.24) is 5.32 Å². The highest BCUT2D eigenvalue weighted by molar-refractivity contribution is 8.03. The van der Waals surface area contributed by atoms with Crippen molar-refractivity contribution < 1.29 is 19.2 Å². The number of nitrogens with zero attached hydrogens (tertiary/aromatic N) is 2. The number of rotatable bonds is 9. The van der Waals surface area contributed by atoms with Crippen LogP contribution in [-0.2, 0) is 14.3 Å². The number of nitro groups is 1. The fraction of sp³-hybridized carbons (Fsp3) is 0.138. The Bertz CT molecular complexity index is 1550. The summed E-state index contributed by atoms with van der Waals surface area (Å²) in [4.78, 5) is 36.5. The van der Waals surface area contributed by atoms with Crippen LogP contribution in [0.5, 0.6) is 0 Å². The second-order valence-electron chi connectivity index (χ2n) is 8.45. The lowest BCUT2D eigenvalue weighted by Crippen LogP contribution is -2.30. The number of anilines is 1. The number of nitro benzene ring substituents is 1. The Kier molecular flexibility index (Phi) is 9.22. The fourth-order valence-electron chi connectivity index (χ4n) is 4.18. The number of allylic oxidation sites excluding steroid dienone is 1. The van der Waals surface area contributed by atoms with E-state index in [9.17, 15) is 25.0 Å². The van der Waals surface area contributed by atoms with Gasteiger partial charge in [-0.2, -0.15) is 5.26 Å². The molecule has 2 N–H and O–H groups in total. The van der Waals surface area contributed by atoms with Crippen LogP contribution in [0.25, 0.3) is 5.70 Å². The molecule has 4 rings (SSSR count). The molecule has 9 nitrogen and oxygen atoms in total. The molecule has 1 aliphatic heterocycles. The summed E-state index contributed by atoms with van der Waals surface area (Å²) in [6, 6.07) is 23.8. The van der Waals surface area contributed by atoms with E-state index in [1.165, 1.54) is 24.3 Å². The number of ether oxygens (including phenoxy) is 1. The van der Waals surface area contributed by atoms with Crippen molar-refractivity contribution in [3.63, 3.8) is 0 Å². The number of amides is 1. The second kappa shape index (κ2) is 13.0. The number of nitrogens with one attached hydrogen (secondary N) is 2. The van der Waals surface area contributed by atoms with E-state index in [0.717, 1.165) is 11.8 Å². The van der Waals surface area contributed by atoms with Crippen molar-refractivity contribution in [3.05, 3.63) is 121 Å². The van der Waals surface area contributed by atoms with E-state index in [1.54, 1.807) is 31.2 Å². The molecule has 3 aromatic rings. The average molecular weight is 575 g/mol. The lowest BCUT2D eigenvalue weighted by Gasteiger charge is -2.31. The van der Waals surface area contributed by atoms with Gasteiger partial charge >= 0.3 is 5.97 Å². The second-order valence-corrected chi connectivity index (χ2v) is 9.84. The molecular weight excluding hydrogens is 552 g/mol. The van der Waals surface area contributed by atoms with Gasteiger partial charge in [0.25, 0.3) is 5.69 Å². The van der Waals surface area contributed by atoms with Gasteiger partial charge in [0, 0.05) is 22.8 Å². The topological polar surface area (TPSA) is 134 Å². The van der Waals surface area contributed by atoms with Gasteiger partial charge in [0.15, 0.2) is 0 Å². The van der Waals surface area contributed by atoms with E-state index in [1.807, 2.05) is 30.3 Å². The number of benzene rings is 3. The Morgan fingerprint density at radius 2 is 1.77 bits per heavy atom. The fourth-order valence-corrected chi connectivity index (χ4v) is 5.27. The Balaban J connectivity index is 1.72. The minimum absolute atomic E-state index is 0.0868. The van der Waals surface area contributed by atoms with Gasteiger partial charge in [0.1, 0.15) is 0 Å². The summed E-state index contributed by atoms with van der Waals surface area (Å²) in [5.74, 6) is -1.92. The first kappa shape index (κ1) is 28.4. The number of carbonyl (C=O) groups excluding carboxylic acids is 2. The van der Waals surface area contributed by atoms with Crippen LogP contribution in [-0.4, -0.2) is 29.2 Å².